The highest BCUT2D eigenvalue weighted by Gasteiger charge is 2.43. The third-order valence-electron chi connectivity index (χ3n) is 4.47. The number of aliphatic hydroxyl groups is 1. The zero-order valence-corrected chi connectivity index (χ0v) is 12.6. The van der Waals surface area contributed by atoms with Crippen LogP contribution in [0.25, 0.3) is 0 Å². The maximum atomic E-state index is 11.4. The molecule has 0 amide bonds. The molecule has 2 N–H and O–H groups in total. The molecule has 2 atom stereocenters. The van der Waals surface area contributed by atoms with Gasteiger partial charge in [-0.25, -0.2) is 0 Å². The summed E-state index contributed by atoms with van der Waals surface area (Å²) in [6, 6.07) is 7.34. The van der Waals surface area contributed by atoms with Gasteiger partial charge >= 0.3 is 5.97 Å². The van der Waals surface area contributed by atoms with Crippen LogP contribution in [0.2, 0.25) is 0 Å². The van der Waals surface area contributed by atoms with Crippen molar-refractivity contribution in [3.05, 3.63) is 29.8 Å². The third-order valence-corrected chi connectivity index (χ3v) is 4.47. The Bertz CT molecular complexity index is 505. The molecule has 2 unspecified atom stereocenters. The van der Waals surface area contributed by atoms with Gasteiger partial charge in [-0.1, -0.05) is 19.1 Å². The molecule has 1 aliphatic heterocycles. The largest absolute Gasteiger partial charge is 0.497 e. The summed E-state index contributed by atoms with van der Waals surface area (Å²) in [4.78, 5) is 13.5. The molecule has 0 radical (unpaired) electrons. The fourth-order valence-electron chi connectivity index (χ4n) is 2.93. The van der Waals surface area contributed by atoms with Crippen LogP contribution in [0.5, 0.6) is 5.75 Å². The molecule has 1 saturated heterocycles. The quantitative estimate of drug-likeness (QED) is 0.838. The van der Waals surface area contributed by atoms with E-state index >= 15 is 0 Å². The average Bonchev–Trinajstić information content (AvgIpc) is 2.92. The number of methoxy groups -OCH3 is 1. The van der Waals surface area contributed by atoms with Crippen molar-refractivity contribution in [3.63, 3.8) is 0 Å². The normalized spacial score (nSPS) is 24.0. The van der Waals surface area contributed by atoms with Gasteiger partial charge in [0.1, 0.15) is 5.75 Å². The van der Waals surface area contributed by atoms with Crippen molar-refractivity contribution in [2.24, 2.45) is 5.41 Å². The number of nitrogens with zero attached hydrogens (tertiary/aromatic N) is 1. The lowest BCUT2D eigenvalue weighted by molar-refractivity contribution is -0.148. The Morgan fingerprint density at radius 1 is 1.52 bits per heavy atom. The Balaban J connectivity index is 2.00. The van der Waals surface area contributed by atoms with Crippen molar-refractivity contribution < 1.29 is 19.7 Å². The maximum absolute atomic E-state index is 11.4. The van der Waals surface area contributed by atoms with Crippen LogP contribution < -0.4 is 4.74 Å². The van der Waals surface area contributed by atoms with E-state index in [1.54, 1.807) is 7.11 Å². The molecule has 1 heterocycles. The second-order valence-corrected chi connectivity index (χ2v) is 5.72. The minimum atomic E-state index is -0.733. The molecule has 21 heavy (non-hydrogen) atoms. The Morgan fingerprint density at radius 3 is 2.86 bits per heavy atom. The van der Waals surface area contributed by atoms with Gasteiger partial charge in [0.2, 0.25) is 0 Å². The molecule has 1 fully saturated rings. The highest BCUT2D eigenvalue weighted by molar-refractivity contribution is 5.75. The molecule has 0 bridgehead atoms. The fourth-order valence-corrected chi connectivity index (χ4v) is 2.93. The van der Waals surface area contributed by atoms with Crippen LogP contribution in [0.15, 0.2) is 24.3 Å². The first-order chi connectivity index (χ1) is 10.0. The van der Waals surface area contributed by atoms with Crippen LogP contribution in [0.3, 0.4) is 0 Å². The second-order valence-electron chi connectivity index (χ2n) is 5.72. The number of carboxylic acid groups (broad SMARTS) is 1. The lowest BCUT2D eigenvalue weighted by Gasteiger charge is -2.24. The lowest BCUT2D eigenvalue weighted by atomic mass is 9.84. The number of hydrogen-bond acceptors (Lipinski definition) is 4. The number of carboxylic acids is 1. The molecule has 116 valence electrons. The van der Waals surface area contributed by atoms with Gasteiger partial charge in [0.15, 0.2) is 0 Å². The Morgan fingerprint density at radius 2 is 2.29 bits per heavy atom. The van der Waals surface area contributed by atoms with Crippen LogP contribution in [-0.4, -0.2) is 47.8 Å². The predicted octanol–water partition coefficient (Wildman–Crippen LogP) is 1.92. The monoisotopic (exact) mass is 293 g/mol. The summed E-state index contributed by atoms with van der Waals surface area (Å²) >= 11 is 0. The summed E-state index contributed by atoms with van der Waals surface area (Å²) in [5.74, 6) is -0.0233. The molecule has 1 aromatic carbocycles. The van der Waals surface area contributed by atoms with Crippen LogP contribution in [-0.2, 0) is 4.79 Å². The van der Waals surface area contributed by atoms with Crippen LogP contribution in [0.1, 0.15) is 31.4 Å². The van der Waals surface area contributed by atoms with E-state index in [0.717, 1.165) is 5.56 Å². The van der Waals surface area contributed by atoms with E-state index in [-0.39, 0.29) is 0 Å². The minimum absolute atomic E-state index is 0.447. The second kappa shape index (κ2) is 6.45. The van der Waals surface area contributed by atoms with Gasteiger partial charge in [0.05, 0.1) is 18.6 Å². The number of aliphatic hydroxyl groups excluding tert-OH is 1. The first-order valence-corrected chi connectivity index (χ1v) is 7.28. The molecule has 0 spiro atoms. The predicted molar refractivity (Wildman–Crippen MR) is 79.4 cm³/mol. The van der Waals surface area contributed by atoms with Crippen molar-refractivity contribution in [2.45, 2.75) is 25.9 Å². The number of rotatable bonds is 6. The van der Waals surface area contributed by atoms with Crippen molar-refractivity contribution in [3.8, 4) is 5.75 Å². The Labute approximate surface area is 125 Å². The molecule has 1 aliphatic rings. The molecular formula is C16H23NO4. The smallest absolute Gasteiger partial charge is 0.310 e. The van der Waals surface area contributed by atoms with E-state index < -0.39 is 17.5 Å². The highest BCUT2D eigenvalue weighted by Crippen LogP contribution is 2.35. The molecular weight excluding hydrogens is 270 g/mol. The summed E-state index contributed by atoms with van der Waals surface area (Å²) in [6.07, 6.45) is 0.624. The van der Waals surface area contributed by atoms with E-state index in [1.165, 1.54) is 0 Å². The van der Waals surface area contributed by atoms with E-state index in [0.29, 0.717) is 38.2 Å². The van der Waals surface area contributed by atoms with Crippen molar-refractivity contribution in [1.29, 1.82) is 0 Å². The number of likely N-dealkylation sites (tertiary alicyclic amines) is 1. The summed E-state index contributed by atoms with van der Waals surface area (Å²) in [5.41, 5.74) is 0.132. The number of hydrogen-bond donors (Lipinski definition) is 2. The van der Waals surface area contributed by atoms with Crippen molar-refractivity contribution >= 4 is 5.97 Å². The number of benzene rings is 1. The van der Waals surface area contributed by atoms with Gasteiger partial charge in [-0.2, -0.15) is 0 Å². The molecule has 0 saturated carbocycles. The summed E-state index contributed by atoms with van der Waals surface area (Å²) < 4.78 is 5.15. The highest BCUT2D eigenvalue weighted by atomic mass is 16.5. The van der Waals surface area contributed by atoms with Gasteiger partial charge in [0, 0.05) is 13.1 Å². The van der Waals surface area contributed by atoms with E-state index in [2.05, 4.69) is 0 Å². The molecule has 2 rings (SSSR count). The summed E-state index contributed by atoms with van der Waals surface area (Å²) in [6.45, 7) is 3.57. The summed E-state index contributed by atoms with van der Waals surface area (Å²) in [7, 11) is 1.59. The Kier molecular flexibility index (Phi) is 4.85. The fraction of sp³-hybridized carbons (Fsp3) is 0.562. The van der Waals surface area contributed by atoms with Crippen molar-refractivity contribution in [1.82, 2.24) is 4.90 Å². The molecule has 0 aliphatic carbocycles. The number of aliphatic carboxylic acids is 1. The van der Waals surface area contributed by atoms with E-state index in [1.807, 2.05) is 36.1 Å². The van der Waals surface area contributed by atoms with Crippen LogP contribution >= 0.6 is 0 Å². The van der Waals surface area contributed by atoms with Crippen molar-refractivity contribution in [2.75, 3.05) is 26.7 Å². The molecule has 0 aromatic heterocycles. The number of ether oxygens (including phenoxy) is 1. The molecule has 1 aromatic rings. The molecule has 5 heteroatoms. The maximum Gasteiger partial charge on any atom is 0.310 e. The van der Waals surface area contributed by atoms with Gasteiger partial charge in [-0.3, -0.25) is 9.69 Å². The van der Waals surface area contributed by atoms with Gasteiger partial charge in [-0.05, 0) is 37.1 Å². The van der Waals surface area contributed by atoms with Gasteiger partial charge < -0.3 is 14.9 Å². The first-order valence-electron chi connectivity index (χ1n) is 7.28. The topological polar surface area (TPSA) is 70.0 Å². The van der Waals surface area contributed by atoms with Gasteiger partial charge in [0.25, 0.3) is 0 Å². The average molecular weight is 293 g/mol. The van der Waals surface area contributed by atoms with Crippen LogP contribution in [0, 0.1) is 5.41 Å². The Hall–Kier alpha value is -1.59. The SMILES string of the molecule is CCC1(C(=O)O)CCN(CC(O)c2cccc(OC)c2)C1. The zero-order valence-electron chi connectivity index (χ0n) is 12.6. The van der Waals surface area contributed by atoms with Gasteiger partial charge in [-0.15, -0.1) is 0 Å². The number of β-amino-alcohol motifs (C(OH)–C–C–N with tert-alkyl or cyclic N) is 1. The lowest BCUT2D eigenvalue weighted by Crippen LogP contribution is -2.35. The zero-order chi connectivity index (χ0) is 15.5. The first kappa shape index (κ1) is 15.8. The van der Waals surface area contributed by atoms with E-state index in [4.69, 9.17) is 4.74 Å². The third kappa shape index (κ3) is 3.36. The van der Waals surface area contributed by atoms with Crippen LogP contribution in [0.4, 0.5) is 0 Å². The molecule has 5 nitrogen and oxygen atoms in total. The van der Waals surface area contributed by atoms with E-state index in [9.17, 15) is 15.0 Å². The standard InChI is InChI=1S/C16H23NO4/c1-3-16(15(19)20)7-8-17(11-16)10-14(18)12-5-4-6-13(9-12)21-2/h4-6,9,14,18H,3,7-8,10-11H2,1-2H3,(H,19,20). The minimum Gasteiger partial charge on any atom is -0.497 e. The number of carbonyl (C=O) groups is 1. The summed E-state index contributed by atoms with van der Waals surface area (Å²) in [5, 5.41) is 19.7.